The van der Waals surface area contributed by atoms with E-state index in [4.69, 9.17) is 16.3 Å². The van der Waals surface area contributed by atoms with E-state index in [1.165, 1.54) is 36.6 Å². The predicted octanol–water partition coefficient (Wildman–Crippen LogP) is 4.96. The summed E-state index contributed by atoms with van der Waals surface area (Å²) >= 11 is 6.42. The van der Waals surface area contributed by atoms with Crippen LogP contribution >= 0.6 is 11.6 Å². The normalized spacial score (nSPS) is 25.6. The molecular weight excluding hydrogens is 270 g/mol. The molecule has 0 amide bonds. The zero-order valence-corrected chi connectivity index (χ0v) is 12.4. The lowest BCUT2D eigenvalue weighted by Gasteiger charge is -2.39. The Hall–Kier alpha value is -0.990. The molecule has 1 aromatic heterocycles. The summed E-state index contributed by atoms with van der Waals surface area (Å²) in [7, 11) is 0. The largest absolute Gasteiger partial charge is 0.375 e. The highest BCUT2D eigenvalue weighted by atomic mass is 35.5. The van der Waals surface area contributed by atoms with Gasteiger partial charge in [0, 0.05) is 24.2 Å². The van der Waals surface area contributed by atoms with Crippen molar-refractivity contribution in [3.63, 3.8) is 0 Å². The van der Waals surface area contributed by atoms with Crippen molar-refractivity contribution >= 4 is 22.5 Å². The topological polar surface area (TPSA) is 14.2 Å². The van der Waals surface area contributed by atoms with Gasteiger partial charge in [-0.15, -0.1) is 0 Å². The molecule has 2 heterocycles. The van der Waals surface area contributed by atoms with Gasteiger partial charge in [-0.2, -0.15) is 0 Å². The summed E-state index contributed by atoms with van der Waals surface area (Å²) in [5.41, 5.74) is 1.34. The molecule has 2 nitrogen and oxygen atoms in total. The summed E-state index contributed by atoms with van der Waals surface area (Å²) in [5, 5.41) is 2.10. The molecule has 0 N–H and O–H groups in total. The smallest absolute Gasteiger partial charge is 0.0702 e. The first kappa shape index (κ1) is 12.7. The van der Waals surface area contributed by atoms with Crippen molar-refractivity contribution in [1.82, 2.24) is 4.57 Å². The average Bonchev–Trinajstić information content (AvgIpc) is 3.07. The van der Waals surface area contributed by atoms with E-state index in [1.807, 2.05) is 12.1 Å². The molecule has 0 bridgehead atoms. The molecule has 20 heavy (non-hydrogen) atoms. The van der Waals surface area contributed by atoms with Crippen LogP contribution in [0.1, 0.15) is 44.6 Å². The molecule has 106 valence electrons. The summed E-state index contributed by atoms with van der Waals surface area (Å²) in [6.07, 6.45) is 9.54. The number of rotatable bonds is 1. The third-order valence-electron chi connectivity index (χ3n) is 5.07. The van der Waals surface area contributed by atoms with E-state index in [2.05, 4.69) is 22.9 Å². The number of fused-ring (bicyclic) bond motifs is 1. The van der Waals surface area contributed by atoms with E-state index >= 15 is 0 Å². The number of ether oxygens (including phenoxy) is 1. The van der Waals surface area contributed by atoms with Crippen molar-refractivity contribution in [2.24, 2.45) is 0 Å². The minimum absolute atomic E-state index is 0.154. The molecular formula is C17H20ClNO. The van der Waals surface area contributed by atoms with Gasteiger partial charge in [0.1, 0.15) is 0 Å². The molecule has 0 radical (unpaired) electrons. The average molecular weight is 290 g/mol. The molecule has 2 fully saturated rings. The fourth-order valence-electron chi connectivity index (χ4n) is 4.09. The minimum atomic E-state index is 0.154. The van der Waals surface area contributed by atoms with Gasteiger partial charge in [-0.1, -0.05) is 36.6 Å². The van der Waals surface area contributed by atoms with E-state index in [1.54, 1.807) is 0 Å². The Bertz CT molecular complexity index is 627. The van der Waals surface area contributed by atoms with E-state index in [9.17, 15) is 0 Å². The van der Waals surface area contributed by atoms with Crippen molar-refractivity contribution in [1.29, 1.82) is 0 Å². The van der Waals surface area contributed by atoms with Crippen LogP contribution in [0.15, 0.2) is 30.5 Å². The highest BCUT2D eigenvalue weighted by molar-refractivity contribution is 6.35. The summed E-state index contributed by atoms with van der Waals surface area (Å²) in [4.78, 5) is 0. The van der Waals surface area contributed by atoms with Crippen LogP contribution in [0.4, 0.5) is 0 Å². The molecule has 1 aliphatic heterocycles. The van der Waals surface area contributed by atoms with Crippen molar-refractivity contribution in [2.45, 2.75) is 50.2 Å². The number of hydrogen-bond donors (Lipinski definition) is 0. The maximum atomic E-state index is 6.42. The van der Waals surface area contributed by atoms with E-state index in [0.29, 0.717) is 6.04 Å². The van der Waals surface area contributed by atoms with Crippen molar-refractivity contribution < 1.29 is 4.74 Å². The lowest BCUT2D eigenvalue weighted by Crippen LogP contribution is -2.37. The SMILES string of the molecule is Clc1cccc2ccn(C3CCOC4(CCCC4)C3)c12. The fraction of sp³-hybridized carbons (Fsp3) is 0.529. The molecule has 1 saturated carbocycles. The van der Waals surface area contributed by atoms with Crippen molar-refractivity contribution in [2.75, 3.05) is 6.61 Å². The van der Waals surface area contributed by atoms with Gasteiger partial charge in [-0.25, -0.2) is 0 Å². The zero-order valence-electron chi connectivity index (χ0n) is 11.6. The number of para-hydroxylation sites is 1. The Morgan fingerprint density at radius 3 is 2.90 bits per heavy atom. The Morgan fingerprint density at radius 2 is 2.05 bits per heavy atom. The molecule has 1 spiro atoms. The maximum absolute atomic E-state index is 6.42. The molecule has 2 aromatic rings. The Balaban J connectivity index is 1.72. The molecule has 3 heteroatoms. The Labute approximate surface area is 124 Å². The second-order valence-electron chi connectivity index (χ2n) is 6.29. The summed E-state index contributed by atoms with van der Waals surface area (Å²) < 4.78 is 8.54. The van der Waals surface area contributed by atoms with Crippen LogP contribution in [0.5, 0.6) is 0 Å². The highest BCUT2D eigenvalue weighted by Gasteiger charge is 2.40. The fourth-order valence-corrected chi connectivity index (χ4v) is 4.36. The predicted molar refractivity (Wildman–Crippen MR) is 82.4 cm³/mol. The second kappa shape index (κ2) is 4.78. The second-order valence-corrected chi connectivity index (χ2v) is 6.69. The third-order valence-corrected chi connectivity index (χ3v) is 5.37. The Morgan fingerprint density at radius 1 is 1.20 bits per heavy atom. The van der Waals surface area contributed by atoms with Gasteiger partial charge in [0.2, 0.25) is 0 Å². The van der Waals surface area contributed by atoms with Crippen LogP contribution in [-0.2, 0) is 4.74 Å². The monoisotopic (exact) mass is 289 g/mol. The Kier molecular flexibility index (Phi) is 3.04. The summed E-state index contributed by atoms with van der Waals surface area (Å²) in [6.45, 7) is 0.884. The zero-order chi connectivity index (χ0) is 13.6. The van der Waals surface area contributed by atoms with Crippen LogP contribution < -0.4 is 0 Å². The third kappa shape index (κ3) is 1.97. The summed E-state index contributed by atoms with van der Waals surface area (Å²) in [5.74, 6) is 0. The van der Waals surface area contributed by atoms with Crippen LogP contribution in [0.2, 0.25) is 5.02 Å². The van der Waals surface area contributed by atoms with Crippen LogP contribution in [-0.4, -0.2) is 16.8 Å². The van der Waals surface area contributed by atoms with Gasteiger partial charge in [0.25, 0.3) is 0 Å². The molecule has 1 unspecified atom stereocenters. The lowest BCUT2D eigenvalue weighted by molar-refractivity contribution is -0.0889. The van der Waals surface area contributed by atoms with Crippen LogP contribution in [0.3, 0.4) is 0 Å². The lowest BCUT2D eigenvalue weighted by atomic mass is 9.88. The molecule has 1 aliphatic carbocycles. The standard InChI is InChI=1S/C17H20ClNO/c18-15-5-3-4-13-6-10-19(16(13)15)14-7-11-20-17(12-14)8-1-2-9-17/h3-6,10,14H,1-2,7-9,11-12H2. The van der Waals surface area contributed by atoms with Crippen LogP contribution in [0.25, 0.3) is 10.9 Å². The number of nitrogens with zero attached hydrogens (tertiary/aromatic N) is 1. The number of benzene rings is 1. The molecule has 1 aromatic carbocycles. The molecule has 1 atom stereocenters. The molecule has 2 aliphatic rings. The summed E-state index contributed by atoms with van der Waals surface area (Å²) in [6, 6.07) is 8.86. The highest BCUT2D eigenvalue weighted by Crippen LogP contribution is 2.44. The van der Waals surface area contributed by atoms with Gasteiger partial charge < -0.3 is 9.30 Å². The number of halogens is 1. The van der Waals surface area contributed by atoms with E-state index < -0.39 is 0 Å². The number of hydrogen-bond acceptors (Lipinski definition) is 1. The van der Waals surface area contributed by atoms with Crippen molar-refractivity contribution in [3.8, 4) is 0 Å². The first-order chi connectivity index (χ1) is 9.77. The van der Waals surface area contributed by atoms with Gasteiger partial charge in [0.05, 0.1) is 16.1 Å². The van der Waals surface area contributed by atoms with Gasteiger partial charge in [-0.05, 0) is 37.8 Å². The molecule has 1 saturated heterocycles. The van der Waals surface area contributed by atoms with Crippen molar-refractivity contribution in [3.05, 3.63) is 35.5 Å². The van der Waals surface area contributed by atoms with Gasteiger partial charge >= 0.3 is 0 Å². The minimum Gasteiger partial charge on any atom is -0.375 e. The van der Waals surface area contributed by atoms with Gasteiger partial charge in [-0.3, -0.25) is 0 Å². The van der Waals surface area contributed by atoms with Gasteiger partial charge in [0.15, 0.2) is 0 Å². The van der Waals surface area contributed by atoms with E-state index in [0.717, 1.165) is 24.5 Å². The quantitative estimate of drug-likeness (QED) is 0.724. The first-order valence-corrected chi connectivity index (χ1v) is 8.04. The maximum Gasteiger partial charge on any atom is 0.0702 e. The first-order valence-electron chi connectivity index (χ1n) is 7.66. The van der Waals surface area contributed by atoms with Crippen LogP contribution in [0, 0.1) is 0 Å². The molecule has 4 rings (SSSR count). The number of aromatic nitrogens is 1. The van der Waals surface area contributed by atoms with E-state index in [-0.39, 0.29) is 5.60 Å².